The van der Waals surface area contributed by atoms with Gasteiger partial charge in [-0.1, -0.05) is 11.4 Å². The number of aryl methyl sites for hydroxylation is 2. The maximum atomic E-state index is 12.4. The molecule has 2 heterocycles. The molecule has 8 heteroatoms. The number of anilines is 1. The summed E-state index contributed by atoms with van der Waals surface area (Å²) in [6.45, 7) is 3.93. The van der Waals surface area contributed by atoms with E-state index < -0.39 is 0 Å². The molecule has 1 N–H and O–H groups in total. The molecule has 0 unspecified atom stereocenters. The molecule has 0 saturated heterocycles. The molecule has 0 aliphatic rings. The summed E-state index contributed by atoms with van der Waals surface area (Å²) in [5, 5.41) is 7.38. The molecule has 1 amide bonds. The molecule has 0 bridgehead atoms. The lowest BCUT2D eigenvalue weighted by atomic mass is 10.1. The maximum Gasteiger partial charge on any atom is 0.271 e. The van der Waals surface area contributed by atoms with Crippen LogP contribution in [0, 0.1) is 6.92 Å². The van der Waals surface area contributed by atoms with Crippen molar-refractivity contribution in [2.24, 2.45) is 0 Å². The van der Waals surface area contributed by atoms with Crippen LogP contribution in [0.25, 0.3) is 11.3 Å². The standard InChI is InChI=1S/C16H16N4O2S2/c1-4-12-14(24-20-19-12)15(21)18-16-17-13(9(2)23-16)10-5-7-11(22-3)8-6-10/h5-8H,4H2,1-3H3,(H,17,18,21). The van der Waals surface area contributed by atoms with Crippen LogP contribution in [0.4, 0.5) is 5.13 Å². The molecule has 0 radical (unpaired) electrons. The van der Waals surface area contributed by atoms with Gasteiger partial charge in [0.2, 0.25) is 0 Å². The number of carbonyl (C=O) groups excluding carboxylic acids is 1. The summed E-state index contributed by atoms with van der Waals surface area (Å²) < 4.78 is 9.02. The number of rotatable bonds is 5. The Hall–Kier alpha value is -2.32. The molecule has 0 atom stereocenters. The Morgan fingerprint density at radius 2 is 2.04 bits per heavy atom. The summed E-state index contributed by atoms with van der Waals surface area (Å²) in [6.07, 6.45) is 0.674. The number of hydrogen-bond acceptors (Lipinski definition) is 7. The zero-order valence-corrected chi connectivity index (χ0v) is 15.1. The minimum Gasteiger partial charge on any atom is -0.497 e. The number of ether oxygens (including phenoxy) is 1. The SMILES string of the molecule is CCc1nnsc1C(=O)Nc1nc(-c2ccc(OC)cc2)c(C)s1. The molecule has 124 valence electrons. The monoisotopic (exact) mass is 360 g/mol. The van der Waals surface area contributed by atoms with Crippen molar-refractivity contribution in [2.75, 3.05) is 12.4 Å². The predicted octanol–water partition coefficient (Wildman–Crippen LogP) is 3.79. The van der Waals surface area contributed by atoms with E-state index in [-0.39, 0.29) is 5.91 Å². The number of nitrogens with one attached hydrogen (secondary N) is 1. The number of carbonyl (C=O) groups is 1. The Bertz CT molecular complexity index is 855. The second-order valence-electron chi connectivity index (χ2n) is 5.01. The van der Waals surface area contributed by atoms with Gasteiger partial charge in [0, 0.05) is 10.4 Å². The highest BCUT2D eigenvalue weighted by Crippen LogP contribution is 2.31. The molecule has 0 spiro atoms. The molecule has 24 heavy (non-hydrogen) atoms. The summed E-state index contributed by atoms with van der Waals surface area (Å²) >= 11 is 2.55. The fraction of sp³-hybridized carbons (Fsp3) is 0.250. The molecule has 0 saturated carbocycles. The molecular weight excluding hydrogens is 344 g/mol. The van der Waals surface area contributed by atoms with Crippen molar-refractivity contribution in [2.45, 2.75) is 20.3 Å². The van der Waals surface area contributed by atoms with Crippen LogP contribution in [-0.2, 0) is 6.42 Å². The van der Waals surface area contributed by atoms with Crippen LogP contribution in [0.5, 0.6) is 5.75 Å². The molecule has 1 aromatic carbocycles. The van der Waals surface area contributed by atoms with E-state index in [1.54, 1.807) is 7.11 Å². The van der Waals surface area contributed by atoms with Crippen molar-refractivity contribution < 1.29 is 9.53 Å². The highest BCUT2D eigenvalue weighted by Gasteiger charge is 2.18. The molecule has 6 nitrogen and oxygen atoms in total. The number of methoxy groups -OCH3 is 1. The average Bonchev–Trinajstić information content (AvgIpc) is 3.21. The van der Waals surface area contributed by atoms with Crippen LogP contribution < -0.4 is 10.1 Å². The fourth-order valence-corrected chi connectivity index (χ4v) is 3.71. The van der Waals surface area contributed by atoms with E-state index in [4.69, 9.17) is 4.74 Å². The van der Waals surface area contributed by atoms with Crippen molar-refractivity contribution >= 4 is 33.9 Å². The fourth-order valence-electron chi connectivity index (χ4n) is 2.23. The highest BCUT2D eigenvalue weighted by atomic mass is 32.1. The van der Waals surface area contributed by atoms with Crippen molar-refractivity contribution in [3.05, 3.63) is 39.7 Å². The van der Waals surface area contributed by atoms with Gasteiger partial charge >= 0.3 is 0 Å². The minimum atomic E-state index is -0.211. The lowest BCUT2D eigenvalue weighted by Crippen LogP contribution is -2.12. The van der Waals surface area contributed by atoms with E-state index in [1.807, 2.05) is 38.1 Å². The summed E-state index contributed by atoms with van der Waals surface area (Å²) in [4.78, 5) is 18.5. The van der Waals surface area contributed by atoms with E-state index in [9.17, 15) is 4.79 Å². The van der Waals surface area contributed by atoms with Crippen LogP contribution in [0.2, 0.25) is 0 Å². The van der Waals surface area contributed by atoms with Gasteiger partial charge in [0.05, 0.1) is 18.5 Å². The first-order chi connectivity index (χ1) is 11.6. The zero-order valence-electron chi connectivity index (χ0n) is 13.5. The molecule has 0 aliphatic heterocycles. The molecule has 0 fully saturated rings. The van der Waals surface area contributed by atoms with Gasteiger partial charge in [-0.15, -0.1) is 16.4 Å². The van der Waals surface area contributed by atoms with Crippen molar-refractivity contribution in [3.8, 4) is 17.0 Å². The molecule has 2 aromatic heterocycles. The van der Waals surface area contributed by atoms with Crippen molar-refractivity contribution in [1.82, 2.24) is 14.6 Å². The van der Waals surface area contributed by atoms with Gasteiger partial charge in [-0.2, -0.15) is 0 Å². The number of thiazole rings is 1. The van der Waals surface area contributed by atoms with Gasteiger partial charge < -0.3 is 4.74 Å². The lowest BCUT2D eigenvalue weighted by Gasteiger charge is -2.02. The Kier molecular flexibility index (Phi) is 4.86. The second kappa shape index (κ2) is 7.06. The van der Waals surface area contributed by atoms with Gasteiger partial charge in [-0.3, -0.25) is 10.1 Å². The summed E-state index contributed by atoms with van der Waals surface area (Å²) in [5.74, 6) is 0.585. The summed E-state index contributed by atoms with van der Waals surface area (Å²) in [6, 6.07) is 7.69. The lowest BCUT2D eigenvalue weighted by molar-refractivity contribution is 0.102. The molecular formula is C16H16N4O2S2. The number of aromatic nitrogens is 3. The van der Waals surface area contributed by atoms with E-state index in [1.165, 1.54) is 11.3 Å². The number of benzene rings is 1. The minimum absolute atomic E-state index is 0.211. The Morgan fingerprint density at radius 1 is 1.29 bits per heavy atom. The third-order valence-corrected chi connectivity index (χ3v) is 5.13. The second-order valence-corrected chi connectivity index (χ2v) is 6.97. The molecule has 3 aromatic rings. The number of nitrogens with zero attached hydrogens (tertiary/aromatic N) is 3. The normalized spacial score (nSPS) is 10.6. The third kappa shape index (κ3) is 3.29. The maximum absolute atomic E-state index is 12.4. The molecule has 3 rings (SSSR count). The van der Waals surface area contributed by atoms with Gasteiger partial charge in [-0.05, 0) is 49.1 Å². The highest BCUT2D eigenvalue weighted by molar-refractivity contribution is 7.16. The Morgan fingerprint density at radius 3 is 2.71 bits per heavy atom. The first kappa shape index (κ1) is 16.5. The summed E-state index contributed by atoms with van der Waals surface area (Å²) in [7, 11) is 1.63. The molecule has 0 aliphatic carbocycles. The van der Waals surface area contributed by atoms with Crippen molar-refractivity contribution in [3.63, 3.8) is 0 Å². The van der Waals surface area contributed by atoms with E-state index in [0.717, 1.165) is 33.4 Å². The smallest absolute Gasteiger partial charge is 0.271 e. The van der Waals surface area contributed by atoms with E-state index in [2.05, 4.69) is 19.9 Å². The Balaban J connectivity index is 1.82. The van der Waals surface area contributed by atoms with Gasteiger partial charge in [0.1, 0.15) is 10.6 Å². The quantitative estimate of drug-likeness (QED) is 0.749. The average molecular weight is 360 g/mol. The van der Waals surface area contributed by atoms with E-state index >= 15 is 0 Å². The first-order valence-electron chi connectivity index (χ1n) is 7.36. The number of amides is 1. The first-order valence-corrected chi connectivity index (χ1v) is 8.95. The van der Waals surface area contributed by atoms with Crippen LogP contribution in [-0.4, -0.2) is 27.6 Å². The summed E-state index contributed by atoms with van der Waals surface area (Å²) in [5.41, 5.74) is 2.55. The predicted molar refractivity (Wildman–Crippen MR) is 96.1 cm³/mol. The van der Waals surface area contributed by atoms with Crippen molar-refractivity contribution in [1.29, 1.82) is 0 Å². The van der Waals surface area contributed by atoms with E-state index in [0.29, 0.717) is 22.1 Å². The zero-order chi connectivity index (χ0) is 17.1. The van der Waals surface area contributed by atoms with Gasteiger partial charge in [0.25, 0.3) is 5.91 Å². The largest absolute Gasteiger partial charge is 0.497 e. The van der Waals surface area contributed by atoms with Crippen LogP contribution >= 0.6 is 22.9 Å². The van der Waals surface area contributed by atoms with Crippen LogP contribution in [0.1, 0.15) is 27.2 Å². The van der Waals surface area contributed by atoms with Crippen LogP contribution in [0.3, 0.4) is 0 Å². The van der Waals surface area contributed by atoms with Gasteiger partial charge in [0.15, 0.2) is 5.13 Å². The topological polar surface area (TPSA) is 77.0 Å². The number of hydrogen-bond donors (Lipinski definition) is 1. The van der Waals surface area contributed by atoms with Crippen LogP contribution in [0.15, 0.2) is 24.3 Å². The Labute approximate surface area is 147 Å². The third-order valence-electron chi connectivity index (χ3n) is 3.48. The van der Waals surface area contributed by atoms with Gasteiger partial charge in [-0.25, -0.2) is 4.98 Å².